The van der Waals surface area contributed by atoms with E-state index in [2.05, 4.69) is 122 Å². The fourth-order valence-corrected chi connectivity index (χ4v) is 15.1. The topological polar surface area (TPSA) is 467 Å². The number of rotatable bonds is 20. The van der Waals surface area contributed by atoms with Gasteiger partial charge in [-0.3, -0.25) is 39.1 Å². The number of H-pyrrole nitrogens is 4. The maximum atomic E-state index is 13.5. The quantitative estimate of drug-likeness (QED) is 0.0337. The zero-order valence-corrected chi connectivity index (χ0v) is 70.0. The SMILES string of the molecule is Cc1c(NC(=O)[C@@](O)(c2ccccc2)c2ncc[nH]2)cncc1-c1cnnc2ccccc12.Cc1ncc(-c2cnnc3ccccc23)cc1NC(=O)[C@@](O)(c1ccccc1)c1ncc[nH]1.Cc1ncc(NC(=O)[C@@](O)(c2ccccc2)c2ncc[nH]2)cc1-c1cnnc2ccccc12.O=C(Nc1cncc(-c2cnnc3ccccc23)c1)[C@@](O)(c1ccccc1)c1ncc[nH]1. The third-order valence-electron chi connectivity index (χ3n) is 22.0. The van der Waals surface area contributed by atoms with Gasteiger partial charge in [0.2, 0.25) is 22.4 Å². The summed E-state index contributed by atoms with van der Waals surface area (Å²) in [6.45, 7) is 5.56. The Morgan fingerprint density at radius 2 is 0.603 bits per heavy atom. The summed E-state index contributed by atoms with van der Waals surface area (Å²) in [4.78, 5) is 99.2. The lowest BCUT2D eigenvalue weighted by Gasteiger charge is -2.26. The Morgan fingerprint density at radius 1 is 0.282 bits per heavy atom. The number of aryl methyl sites for hydroxylation is 2. The van der Waals surface area contributed by atoms with Crippen molar-refractivity contribution in [2.24, 2.45) is 0 Å². The molecule has 0 saturated carbocycles. The number of carbonyl (C=O) groups excluding carboxylic acids is 4. The molecule has 131 heavy (non-hydrogen) atoms. The number of hydrogen-bond donors (Lipinski definition) is 12. The molecule has 0 saturated heterocycles. The van der Waals surface area contributed by atoms with Crippen LogP contribution in [0, 0.1) is 20.8 Å². The number of aromatic nitrogens is 20. The molecule has 0 bridgehead atoms. The number of nitrogens with one attached hydrogen (secondary N) is 8. The zero-order chi connectivity index (χ0) is 90.5. The Hall–Kier alpha value is -17.7. The minimum Gasteiger partial charge on any atom is -0.369 e. The summed E-state index contributed by atoms with van der Waals surface area (Å²) < 4.78 is 0. The van der Waals surface area contributed by atoms with Gasteiger partial charge in [-0.2, -0.15) is 40.8 Å². The fraction of sp³-hybridized carbons (Fsp3) is 0.0707. The van der Waals surface area contributed by atoms with Crippen LogP contribution in [0.2, 0.25) is 0 Å². The van der Waals surface area contributed by atoms with Gasteiger partial charge in [0.1, 0.15) is 0 Å². The normalized spacial score (nSPS) is 12.9. The highest BCUT2D eigenvalue weighted by Gasteiger charge is 2.47. The fourth-order valence-electron chi connectivity index (χ4n) is 15.1. The van der Waals surface area contributed by atoms with Gasteiger partial charge in [0, 0.05) is 162 Å². The molecule has 32 nitrogen and oxygen atoms in total. The summed E-state index contributed by atoms with van der Waals surface area (Å²) in [5, 5.41) is 94.1. The van der Waals surface area contributed by atoms with Crippen molar-refractivity contribution < 1.29 is 39.6 Å². The average Bonchev–Trinajstić information content (AvgIpc) is 1.76. The van der Waals surface area contributed by atoms with E-state index in [-0.39, 0.29) is 23.3 Å². The van der Waals surface area contributed by atoms with Crippen molar-refractivity contribution in [2.45, 2.75) is 43.2 Å². The lowest BCUT2D eigenvalue weighted by Crippen LogP contribution is -2.42. The van der Waals surface area contributed by atoms with Crippen LogP contribution in [0.5, 0.6) is 0 Å². The second kappa shape index (κ2) is 37.6. The first-order valence-electron chi connectivity index (χ1n) is 40.9. The Morgan fingerprint density at radius 3 is 0.992 bits per heavy atom. The first-order valence-corrected chi connectivity index (χ1v) is 40.9. The van der Waals surface area contributed by atoms with Crippen LogP contribution in [0.4, 0.5) is 22.7 Å². The monoisotopic (exact) mass is 1730 g/mol. The van der Waals surface area contributed by atoms with Crippen LogP contribution in [0.25, 0.3) is 88.1 Å². The molecule has 4 amide bonds. The average molecular weight is 1730 g/mol. The Balaban J connectivity index is 0.000000122. The van der Waals surface area contributed by atoms with E-state index in [9.17, 15) is 39.6 Å². The van der Waals surface area contributed by atoms with Gasteiger partial charge in [-0.1, -0.05) is 194 Å². The highest BCUT2D eigenvalue weighted by molar-refractivity contribution is 6.06. The van der Waals surface area contributed by atoms with Crippen molar-refractivity contribution in [3.63, 3.8) is 0 Å². The van der Waals surface area contributed by atoms with Gasteiger partial charge in [-0.15, -0.1) is 0 Å². The predicted octanol–water partition coefficient (Wildman–Crippen LogP) is 14.1. The van der Waals surface area contributed by atoms with Crippen LogP contribution >= 0.6 is 0 Å². The van der Waals surface area contributed by atoms with Gasteiger partial charge in [0.05, 0.1) is 93.9 Å². The molecule has 0 fully saturated rings. The number of anilines is 4. The predicted molar refractivity (Wildman–Crippen MR) is 492 cm³/mol. The number of aromatic amines is 4. The number of benzene rings is 8. The molecule has 0 aliphatic rings. The summed E-state index contributed by atoms with van der Waals surface area (Å²) >= 11 is 0. The minimum absolute atomic E-state index is 0.120. The van der Waals surface area contributed by atoms with E-state index in [1.165, 1.54) is 31.0 Å². The second-order valence-corrected chi connectivity index (χ2v) is 30.0. The number of pyridine rings is 4. The third-order valence-corrected chi connectivity index (χ3v) is 22.0. The highest BCUT2D eigenvalue weighted by atomic mass is 16.3. The van der Waals surface area contributed by atoms with Crippen LogP contribution in [0.3, 0.4) is 0 Å². The van der Waals surface area contributed by atoms with E-state index in [4.69, 9.17) is 0 Å². The maximum Gasteiger partial charge on any atom is 0.269 e. The molecule has 642 valence electrons. The first kappa shape index (κ1) is 85.4. The van der Waals surface area contributed by atoms with Gasteiger partial charge in [0.15, 0.2) is 23.3 Å². The van der Waals surface area contributed by atoms with Crippen molar-refractivity contribution in [3.8, 4) is 44.5 Å². The maximum absolute atomic E-state index is 13.5. The van der Waals surface area contributed by atoms with E-state index in [1.807, 2.05) is 147 Å². The summed E-state index contributed by atoms with van der Waals surface area (Å²) in [6, 6.07) is 70.8. The molecule has 0 radical (unpaired) electrons. The summed E-state index contributed by atoms with van der Waals surface area (Å²) in [5.74, 6) is -2.12. The van der Waals surface area contributed by atoms with Crippen molar-refractivity contribution in [1.82, 2.24) is 101 Å². The van der Waals surface area contributed by atoms with E-state index in [0.29, 0.717) is 50.7 Å². The van der Waals surface area contributed by atoms with Gasteiger partial charge >= 0.3 is 0 Å². The molecule has 12 aromatic heterocycles. The summed E-state index contributed by atoms with van der Waals surface area (Å²) in [6.07, 6.45) is 28.7. The lowest BCUT2D eigenvalue weighted by atomic mass is 9.91. The van der Waals surface area contributed by atoms with E-state index in [0.717, 1.165) is 99.4 Å². The molecule has 12 N–H and O–H groups in total. The van der Waals surface area contributed by atoms with Gasteiger partial charge in [-0.25, -0.2) is 19.9 Å². The molecule has 0 unspecified atom stereocenters. The lowest BCUT2D eigenvalue weighted by molar-refractivity contribution is -0.132. The largest absolute Gasteiger partial charge is 0.369 e. The van der Waals surface area contributed by atoms with Crippen LogP contribution in [-0.2, 0) is 41.6 Å². The first-order chi connectivity index (χ1) is 63.9. The molecular weight excluding hydrogens is 1650 g/mol. The van der Waals surface area contributed by atoms with E-state index in [1.54, 1.807) is 191 Å². The van der Waals surface area contributed by atoms with E-state index >= 15 is 0 Å². The smallest absolute Gasteiger partial charge is 0.269 e. The van der Waals surface area contributed by atoms with Gasteiger partial charge in [-0.05, 0) is 68.8 Å². The third kappa shape index (κ3) is 17.4. The van der Waals surface area contributed by atoms with Crippen LogP contribution in [-0.4, -0.2) is 145 Å². The standard InChI is InChI=1S/3C25H20N6O2.C24H18N6O2/c1-16-22(13-17(14-28-16)20-15-29-31-21-10-6-5-9-19(20)21)30-24(32)25(33,23-26-11-12-27-23)18-7-3-2-4-8-18;1-16-20(21-15-29-31-22-10-6-5-9-19(21)22)13-18(14-28-16)30-24(32)25(33,23-26-11-12-27-23)17-7-3-2-4-8-17;1-16-19(20-14-29-31-21-10-6-5-9-18(20)21)13-26-15-22(16)30-24(32)25(33,23-27-11-12-28-23)17-7-3-2-4-8-17;31-23(24(32,22-26-10-11-27-22)17-6-2-1-3-7-17)29-18-12-16(13-25-14-18)20-15-28-30-21-9-5-4-8-19(20)21/h2*2-15,33H,1H3,(H,26,27)(H,30,32);2-15,33H,1H3,(H,27,28)(H,30,32);1-15,32H,(H,26,27)(H,29,31)/t3*25-;24-/m1111/s1. The Labute approximate surface area is 745 Å². The Bertz CT molecular complexity index is 7270. The Kier molecular flexibility index (Phi) is 24.5. The number of nitrogens with zero attached hydrogens (tertiary/aromatic N) is 16. The van der Waals surface area contributed by atoms with Crippen molar-refractivity contribution in [3.05, 3.63) is 411 Å². The molecule has 8 aromatic carbocycles. The minimum atomic E-state index is -2.02. The molecule has 12 heterocycles. The number of hydrogen-bond acceptors (Lipinski definition) is 24. The zero-order valence-electron chi connectivity index (χ0n) is 70.0. The van der Waals surface area contributed by atoms with E-state index < -0.39 is 46.0 Å². The van der Waals surface area contributed by atoms with Crippen molar-refractivity contribution in [1.29, 1.82) is 0 Å². The number of imidazole rings is 4. The molecule has 0 spiro atoms. The molecule has 20 aromatic rings. The van der Waals surface area contributed by atoms with Crippen LogP contribution in [0.1, 0.15) is 62.5 Å². The molecule has 32 heteroatoms. The number of amides is 4. The second-order valence-electron chi connectivity index (χ2n) is 30.0. The summed E-state index contributed by atoms with van der Waals surface area (Å²) in [5.41, 5.74) is 7.05. The van der Waals surface area contributed by atoms with Crippen LogP contribution < -0.4 is 21.3 Å². The molecule has 0 aliphatic heterocycles. The number of carbonyl (C=O) groups is 4. The van der Waals surface area contributed by atoms with Gasteiger partial charge < -0.3 is 61.6 Å². The van der Waals surface area contributed by atoms with Crippen molar-refractivity contribution >= 4 is 90.0 Å². The highest BCUT2D eigenvalue weighted by Crippen LogP contribution is 2.40. The van der Waals surface area contributed by atoms with Gasteiger partial charge in [0.25, 0.3) is 23.6 Å². The molecular formula is C99H78N24O8. The molecule has 0 aliphatic carbocycles. The number of aliphatic hydroxyl groups is 4. The molecule has 4 atom stereocenters. The van der Waals surface area contributed by atoms with Crippen molar-refractivity contribution in [2.75, 3.05) is 21.3 Å². The van der Waals surface area contributed by atoms with Crippen LogP contribution in [0.15, 0.2) is 348 Å². The molecule has 20 rings (SSSR count). The summed E-state index contributed by atoms with van der Waals surface area (Å²) in [7, 11) is 0. The number of fused-ring (bicyclic) bond motifs is 4.